The highest BCUT2D eigenvalue weighted by Crippen LogP contribution is 2.26. The van der Waals surface area contributed by atoms with Crippen molar-refractivity contribution in [1.82, 2.24) is 8.61 Å². The number of benzene rings is 2. The van der Waals surface area contributed by atoms with Gasteiger partial charge in [-0.3, -0.25) is 0 Å². The van der Waals surface area contributed by atoms with E-state index < -0.39 is 47.3 Å². The molecule has 1 aliphatic rings. The molecule has 28 heavy (non-hydrogen) atoms. The maximum atomic E-state index is 14.0. The Morgan fingerprint density at radius 3 is 1.79 bits per heavy atom. The van der Waals surface area contributed by atoms with Gasteiger partial charge in [-0.2, -0.15) is 8.61 Å². The van der Waals surface area contributed by atoms with Gasteiger partial charge in [-0.25, -0.2) is 30.0 Å². The lowest BCUT2D eigenvalue weighted by Gasteiger charge is -2.33. The molecule has 12 heteroatoms. The van der Waals surface area contributed by atoms with Crippen LogP contribution in [0.15, 0.2) is 50.7 Å². The van der Waals surface area contributed by atoms with E-state index in [2.05, 4.69) is 15.9 Å². The maximum absolute atomic E-state index is 14.0. The van der Waals surface area contributed by atoms with Crippen LogP contribution in [0.25, 0.3) is 0 Å². The lowest BCUT2D eigenvalue weighted by atomic mass is 10.3. The van der Waals surface area contributed by atoms with Gasteiger partial charge < -0.3 is 0 Å². The molecule has 1 fully saturated rings. The van der Waals surface area contributed by atoms with Gasteiger partial charge in [0.1, 0.15) is 27.2 Å². The molecular formula is C16H14BrF3N2O4S2. The molecule has 2 aromatic rings. The molecule has 0 N–H and O–H groups in total. The van der Waals surface area contributed by atoms with E-state index in [1.54, 1.807) is 0 Å². The van der Waals surface area contributed by atoms with Crippen LogP contribution in [0.3, 0.4) is 0 Å². The summed E-state index contributed by atoms with van der Waals surface area (Å²) in [5.74, 6) is -3.07. The van der Waals surface area contributed by atoms with Crippen molar-refractivity contribution < 1.29 is 30.0 Å². The van der Waals surface area contributed by atoms with Gasteiger partial charge in [0, 0.05) is 36.7 Å². The van der Waals surface area contributed by atoms with Gasteiger partial charge in [0.05, 0.1) is 0 Å². The predicted molar refractivity (Wildman–Crippen MR) is 98.0 cm³/mol. The molecule has 0 spiro atoms. The zero-order chi connectivity index (χ0) is 20.7. The van der Waals surface area contributed by atoms with Crippen molar-refractivity contribution >= 4 is 36.0 Å². The fraction of sp³-hybridized carbons (Fsp3) is 0.250. The lowest BCUT2D eigenvalue weighted by molar-refractivity contribution is 0.271. The van der Waals surface area contributed by atoms with Crippen LogP contribution in [0.1, 0.15) is 0 Å². The largest absolute Gasteiger partial charge is 0.246 e. The van der Waals surface area contributed by atoms with Gasteiger partial charge in [0.25, 0.3) is 0 Å². The quantitative estimate of drug-likeness (QED) is 0.649. The van der Waals surface area contributed by atoms with Gasteiger partial charge >= 0.3 is 0 Å². The summed E-state index contributed by atoms with van der Waals surface area (Å²) in [5.41, 5.74) is 0. The maximum Gasteiger partial charge on any atom is 0.246 e. The smallest absolute Gasteiger partial charge is 0.207 e. The fourth-order valence-corrected chi connectivity index (χ4v) is 6.28. The molecule has 1 saturated heterocycles. The lowest BCUT2D eigenvalue weighted by Crippen LogP contribution is -2.50. The summed E-state index contributed by atoms with van der Waals surface area (Å²) in [6.07, 6.45) is 0. The molecule has 0 radical (unpaired) electrons. The van der Waals surface area contributed by atoms with Gasteiger partial charge in [-0.05, 0) is 30.3 Å². The van der Waals surface area contributed by atoms with Gasteiger partial charge in [0.2, 0.25) is 20.0 Å². The van der Waals surface area contributed by atoms with Crippen molar-refractivity contribution in [3.63, 3.8) is 0 Å². The first-order valence-electron chi connectivity index (χ1n) is 7.94. The van der Waals surface area contributed by atoms with Crippen LogP contribution >= 0.6 is 15.9 Å². The highest BCUT2D eigenvalue weighted by molar-refractivity contribution is 9.10. The number of sulfonamides is 2. The van der Waals surface area contributed by atoms with Gasteiger partial charge in [0.15, 0.2) is 0 Å². The van der Waals surface area contributed by atoms with E-state index in [1.165, 1.54) is 6.07 Å². The van der Waals surface area contributed by atoms with Crippen molar-refractivity contribution in [1.29, 1.82) is 0 Å². The molecular weight excluding hydrogens is 485 g/mol. The molecule has 2 aromatic carbocycles. The number of nitrogens with zero attached hydrogens (tertiary/aromatic N) is 2. The Bertz CT molecular complexity index is 1120. The van der Waals surface area contributed by atoms with Crippen LogP contribution in [0, 0.1) is 17.5 Å². The Morgan fingerprint density at radius 1 is 0.714 bits per heavy atom. The SMILES string of the molecule is O=S(=O)(c1ccc(F)cc1F)N1CCN(S(=O)(=O)c2cc(Br)ccc2F)CC1. The number of hydrogen-bond donors (Lipinski definition) is 0. The second kappa shape index (κ2) is 7.75. The number of halogens is 4. The molecule has 3 rings (SSSR count). The first-order valence-corrected chi connectivity index (χ1v) is 11.6. The molecule has 1 heterocycles. The van der Waals surface area contributed by atoms with E-state index in [4.69, 9.17) is 0 Å². The third-order valence-corrected chi connectivity index (χ3v) is 8.56. The van der Waals surface area contributed by atoms with Crippen LogP contribution in [0.4, 0.5) is 13.2 Å². The molecule has 1 aliphatic heterocycles. The third kappa shape index (κ3) is 3.96. The molecule has 0 atom stereocenters. The summed E-state index contributed by atoms with van der Waals surface area (Å²) in [6, 6.07) is 5.60. The van der Waals surface area contributed by atoms with Crippen molar-refractivity contribution in [3.05, 3.63) is 58.3 Å². The summed E-state index contributed by atoms with van der Waals surface area (Å²) in [4.78, 5) is -1.22. The highest BCUT2D eigenvalue weighted by atomic mass is 79.9. The Kier molecular flexibility index (Phi) is 5.88. The molecule has 6 nitrogen and oxygen atoms in total. The minimum Gasteiger partial charge on any atom is -0.207 e. The summed E-state index contributed by atoms with van der Waals surface area (Å²) in [6.45, 7) is -0.991. The number of rotatable bonds is 4. The first-order chi connectivity index (χ1) is 13.0. The zero-order valence-electron chi connectivity index (χ0n) is 14.1. The number of hydrogen-bond acceptors (Lipinski definition) is 4. The van der Waals surface area contributed by atoms with E-state index in [0.717, 1.165) is 32.9 Å². The summed E-state index contributed by atoms with van der Waals surface area (Å²) < 4.78 is 93.6. The average molecular weight is 499 g/mol. The minimum atomic E-state index is -4.27. The van der Waals surface area contributed by atoms with Crippen LogP contribution in [-0.2, 0) is 20.0 Å². The average Bonchev–Trinajstić information content (AvgIpc) is 2.63. The van der Waals surface area contributed by atoms with Crippen LogP contribution in [-0.4, -0.2) is 51.6 Å². The van der Waals surface area contributed by atoms with E-state index in [-0.39, 0.29) is 26.2 Å². The Morgan fingerprint density at radius 2 is 1.25 bits per heavy atom. The fourth-order valence-electron chi connectivity index (χ4n) is 2.79. The van der Waals surface area contributed by atoms with Gasteiger partial charge in [-0.15, -0.1) is 0 Å². The topological polar surface area (TPSA) is 74.8 Å². The molecule has 152 valence electrons. The Balaban J connectivity index is 1.81. The Labute approximate surface area is 168 Å². The van der Waals surface area contributed by atoms with Crippen LogP contribution < -0.4 is 0 Å². The van der Waals surface area contributed by atoms with Crippen molar-refractivity contribution in [2.45, 2.75) is 9.79 Å². The van der Waals surface area contributed by atoms with Crippen LogP contribution in [0.2, 0.25) is 0 Å². The molecule has 0 unspecified atom stereocenters. The Hall–Kier alpha value is -1.47. The van der Waals surface area contributed by atoms with Crippen molar-refractivity contribution in [3.8, 4) is 0 Å². The second-order valence-electron chi connectivity index (χ2n) is 5.96. The minimum absolute atomic E-state index is 0.240. The third-order valence-electron chi connectivity index (χ3n) is 4.22. The predicted octanol–water partition coefficient (Wildman–Crippen LogP) is 2.56. The normalized spacial score (nSPS) is 17.0. The summed E-state index contributed by atoms with van der Waals surface area (Å²) in [7, 11) is -8.45. The molecule has 0 aliphatic carbocycles. The van der Waals surface area contributed by atoms with E-state index >= 15 is 0 Å². The van der Waals surface area contributed by atoms with E-state index in [9.17, 15) is 30.0 Å². The van der Waals surface area contributed by atoms with Crippen LogP contribution in [0.5, 0.6) is 0 Å². The molecule has 0 aromatic heterocycles. The van der Waals surface area contributed by atoms with E-state index in [0.29, 0.717) is 10.5 Å². The zero-order valence-corrected chi connectivity index (χ0v) is 17.4. The molecule has 0 bridgehead atoms. The first kappa shape index (κ1) is 21.2. The molecule has 0 saturated carbocycles. The summed E-state index contributed by atoms with van der Waals surface area (Å²) >= 11 is 3.09. The highest BCUT2D eigenvalue weighted by Gasteiger charge is 2.36. The standard InChI is InChI=1S/C16H14BrF3N2O4S2/c17-11-1-3-13(19)16(9-11)28(25,26)22-7-5-21(6-8-22)27(23,24)15-4-2-12(18)10-14(15)20/h1-4,9-10H,5-8H2. The van der Waals surface area contributed by atoms with Crippen molar-refractivity contribution in [2.24, 2.45) is 0 Å². The summed E-state index contributed by atoms with van der Waals surface area (Å²) in [5, 5.41) is 0. The van der Waals surface area contributed by atoms with Gasteiger partial charge in [-0.1, -0.05) is 15.9 Å². The van der Waals surface area contributed by atoms with E-state index in [1.807, 2.05) is 0 Å². The molecule has 0 amide bonds. The second-order valence-corrected chi connectivity index (χ2v) is 10.7. The number of piperazine rings is 1. The van der Waals surface area contributed by atoms with Crippen molar-refractivity contribution in [2.75, 3.05) is 26.2 Å². The monoisotopic (exact) mass is 498 g/mol.